The Labute approximate surface area is 132 Å². The number of hydrogen-bond donors (Lipinski definition) is 3. The minimum Gasteiger partial charge on any atom is -0.343 e. The molecule has 1 aromatic rings. The number of carbonyl (C=O) groups is 1. The van der Waals surface area contributed by atoms with Crippen LogP contribution in [-0.4, -0.2) is 30.0 Å². The maximum Gasteiger partial charge on any atom is 0.326 e. The van der Waals surface area contributed by atoms with Crippen molar-refractivity contribution in [3.63, 3.8) is 0 Å². The van der Waals surface area contributed by atoms with Gasteiger partial charge in [-0.1, -0.05) is 32.0 Å². The van der Waals surface area contributed by atoms with Gasteiger partial charge in [-0.15, -0.1) is 0 Å². The average Bonchev–Trinajstić information content (AvgIpc) is 2.55. The number of amides is 2. The fourth-order valence-corrected chi connectivity index (χ4v) is 2.85. The summed E-state index contributed by atoms with van der Waals surface area (Å²) in [5.74, 6) is 0.198. The van der Waals surface area contributed by atoms with Gasteiger partial charge in [-0.2, -0.15) is 0 Å². The number of benzene rings is 1. The summed E-state index contributed by atoms with van der Waals surface area (Å²) in [5, 5.41) is 13.6. The second kappa shape index (κ2) is 7.82. The van der Waals surface area contributed by atoms with Crippen LogP contribution in [0.1, 0.15) is 44.2 Å². The number of piperidine rings is 1. The fraction of sp³-hybridized carbons (Fsp3) is 0.529. The Morgan fingerprint density at radius 1 is 1.14 bits per heavy atom. The maximum absolute atomic E-state index is 12.2. The van der Waals surface area contributed by atoms with Crippen molar-refractivity contribution in [3.05, 3.63) is 29.3 Å². The van der Waals surface area contributed by atoms with E-state index in [9.17, 15) is 4.79 Å². The Kier molecular flexibility index (Phi) is 5.81. The number of rotatable bonds is 3. The van der Waals surface area contributed by atoms with Gasteiger partial charge in [0, 0.05) is 18.8 Å². The van der Waals surface area contributed by atoms with Gasteiger partial charge < -0.3 is 10.2 Å². The van der Waals surface area contributed by atoms with Crippen molar-refractivity contribution in [2.75, 3.05) is 18.4 Å². The highest BCUT2D eigenvalue weighted by molar-refractivity contribution is 6.02. The molecule has 1 saturated heterocycles. The molecule has 1 aromatic carbocycles. The summed E-state index contributed by atoms with van der Waals surface area (Å²) in [6.45, 7) is 5.86. The molecule has 0 atom stereocenters. The van der Waals surface area contributed by atoms with E-state index in [1.165, 1.54) is 6.42 Å². The van der Waals surface area contributed by atoms with E-state index < -0.39 is 0 Å². The highest BCUT2D eigenvalue weighted by atomic mass is 16.2. The Bertz CT molecular complexity index is 513. The van der Waals surface area contributed by atoms with Crippen molar-refractivity contribution < 1.29 is 4.79 Å². The second-order valence-corrected chi connectivity index (χ2v) is 5.63. The molecule has 22 heavy (non-hydrogen) atoms. The Morgan fingerprint density at radius 2 is 1.73 bits per heavy atom. The largest absolute Gasteiger partial charge is 0.343 e. The molecule has 0 saturated carbocycles. The molecule has 2 amide bonds. The number of guanidine groups is 1. The van der Waals surface area contributed by atoms with Crippen LogP contribution >= 0.6 is 0 Å². The van der Waals surface area contributed by atoms with Crippen LogP contribution in [0.4, 0.5) is 10.5 Å². The topological polar surface area (TPSA) is 68.2 Å². The van der Waals surface area contributed by atoms with Gasteiger partial charge in [-0.25, -0.2) is 4.79 Å². The van der Waals surface area contributed by atoms with Crippen molar-refractivity contribution in [1.82, 2.24) is 10.2 Å². The highest BCUT2D eigenvalue weighted by Gasteiger charge is 2.16. The number of urea groups is 1. The molecule has 0 unspecified atom stereocenters. The third-order valence-electron chi connectivity index (χ3n) is 4.14. The van der Waals surface area contributed by atoms with E-state index in [4.69, 9.17) is 5.41 Å². The SMILES string of the molecule is CCc1cccc(CC)c1NC(=O)NC(=N)N1CCCCC1. The molecule has 0 bridgehead atoms. The number of aryl methyl sites for hydroxylation is 2. The number of hydrogen-bond acceptors (Lipinski definition) is 2. The summed E-state index contributed by atoms with van der Waals surface area (Å²) < 4.78 is 0. The van der Waals surface area contributed by atoms with Crippen molar-refractivity contribution in [1.29, 1.82) is 5.41 Å². The summed E-state index contributed by atoms with van der Waals surface area (Å²) >= 11 is 0. The second-order valence-electron chi connectivity index (χ2n) is 5.63. The van der Waals surface area contributed by atoms with E-state index in [0.29, 0.717) is 0 Å². The summed E-state index contributed by atoms with van der Waals surface area (Å²) in [6, 6.07) is 5.76. The lowest BCUT2D eigenvalue weighted by Crippen LogP contribution is -2.47. The van der Waals surface area contributed by atoms with Gasteiger partial charge in [0.2, 0.25) is 0 Å². The van der Waals surface area contributed by atoms with Crippen molar-refractivity contribution >= 4 is 17.7 Å². The Balaban J connectivity index is 2.01. The molecule has 1 aliphatic heterocycles. The molecule has 1 heterocycles. The standard InChI is InChI=1S/C17H26N4O/c1-3-13-9-8-10-14(4-2)15(13)19-17(22)20-16(18)21-11-6-5-7-12-21/h8-10H,3-7,11-12H2,1-2H3,(H3,18,19,20,22). The van der Waals surface area contributed by atoms with Crippen molar-refractivity contribution in [2.24, 2.45) is 0 Å². The quantitative estimate of drug-likeness (QED) is 0.592. The zero-order valence-electron chi connectivity index (χ0n) is 13.5. The highest BCUT2D eigenvalue weighted by Crippen LogP contribution is 2.22. The van der Waals surface area contributed by atoms with E-state index in [-0.39, 0.29) is 12.0 Å². The van der Waals surface area contributed by atoms with Crippen LogP contribution < -0.4 is 10.6 Å². The van der Waals surface area contributed by atoms with Gasteiger partial charge in [-0.3, -0.25) is 10.7 Å². The van der Waals surface area contributed by atoms with Crippen molar-refractivity contribution in [2.45, 2.75) is 46.0 Å². The molecule has 0 spiro atoms. The zero-order valence-corrected chi connectivity index (χ0v) is 13.5. The first kappa shape index (κ1) is 16.3. The smallest absolute Gasteiger partial charge is 0.326 e. The lowest BCUT2D eigenvalue weighted by Gasteiger charge is -2.28. The Morgan fingerprint density at radius 3 is 2.27 bits per heavy atom. The number of para-hydroxylation sites is 1. The molecule has 0 aromatic heterocycles. The van der Waals surface area contributed by atoms with Crippen LogP contribution in [-0.2, 0) is 12.8 Å². The molecular weight excluding hydrogens is 276 g/mol. The monoisotopic (exact) mass is 302 g/mol. The average molecular weight is 302 g/mol. The molecule has 1 fully saturated rings. The summed E-state index contributed by atoms with van der Waals surface area (Å²) in [7, 11) is 0. The molecule has 0 radical (unpaired) electrons. The minimum atomic E-state index is -0.328. The third-order valence-corrected chi connectivity index (χ3v) is 4.14. The molecule has 1 aliphatic rings. The van der Waals surface area contributed by atoms with Crippen LogP contribution in [0.2, 0.25) is 0 Å². The minimum absolute atomic E-state index is 0.198. The normalized spacial score (nSPS) is 14.5. The van der Waals surface area contributed by atoms with Gasteiger partial charge in [0.15, 0.2) is 5.96 Å². The number of likely N-dealkylation sites (tertiary alicyclic amines) is 1. The van der Waals surface area contributed by atoms with E-state index in [1.54, 1.807) is 0 Å². The first-order valence-electron chi connectivity index (χ1n) is 8.18. The lowest BCUT2D eigenvalue weighted by atomic mass is 10.0. The maximum atomic E-state index is 12.2. The summed E-state index contributed by atoms with van der Waals surface area (Å²) in [5.41, 5.74) is 3.13. The number of carbonyl (C=O) groups excluding carboxylic acids is 1. The predicted octanol–water partition coefficient (Wildman–Crippen LogP) is 3.35. The van der Waals surface area contributed by atoms with Gasteiger partial charge >= 0.3 is 6.03 Å². The van der Waals surface area contributed by atoms with Gasteiger partial charge in [0.1, 0.15) is 0 Å². The van der Waals surface area contributed by atoms with E-state index in [2.05, 4.69) is 24.5 Å². The molecular formula is C17H26N4O. The fourth-order valence-electron chi connectivity index (χ4n) is 2.85. The molecule has 2 rings (SSSR count). The third kappa shape index (κ3) is 4.00. The van der Waals surface area contributed by atoms with Gasteiger partial charge in [0.25, 0.3) is 0 Å². The van der Waals surface area contributed by atoms with Gasteiger partial charge in [-0.05, 0) is 43.2 Å². The molecule has 5 heteroatoms. The molecule has 120 valence electrons. The number of nitrogens with zero attached hydrogens (tertiary/aromatic N) is 1. The lowest BCUT2D eigenvalue weighted by molar-refractivity contribution is 0.253. The predicted molar refractivity (Wildman–Crippen MR) is 90.5 cm³/mol. The number of nitrogens with one attached hydrogen (secondary N) is 3. The molecule has 5 nitrogen and oxygen atoms in total. The van der Waals surface area contributed by atoms with Crippen LogP contribution in [0, 0.1) is 5.41 Å². The zero-order chi connectivity index (χ0) is 15.9. The van der Waals surface area contributed by atoms with Crippen LogP contribution in [0.3, 0.4) is 0 Å². The van der Waals surface area contributed by atoms with E-state index in [1.807, 2.05) is 23.1 Å². The van der Waals surface area contributed by atoms with Crippen LogP contribution in [0.15, 0.2) is 18.2 Å². The van der Waals surface area contributed by atoms with E-state index >= 15 is 0 Å². The summed E-state index contributed by atoms with van der Waals surface area (Å²) in [6.07, 6.45) is 5.12. The Hall–Kier alpha value is -2.04. The van der Waals surface area contributed by atoms with Crippen molar-refractivity contribution in [3.8, 4) is 0 Å². The van der Waals surface area contributed by atoms with Crippen LogP contribution in [0.25, 0.3) is 0 Å². The molecule has 0 aliphatic carbocycles. The molecule has 3 N–H and O–H groups in total. The van der Waals surface area contributed by atoms with Crippen LogP contribution in [0.5, 0.6) is 0 Å². The van der Waals surface area contributed by atoms with E-state index in [0.717, 1.165) is 55.6 Å². The first-order valence-corrected chi connectivity index (χ1v) is 8.18. The first-order chi connectivity index (χ1) is 10.7. The number of anilines is 1. The summed E-state index contributed by atoms with van der Waals surface area (Å²) in [4.78, 5) is 14.1. The van der Waals surface area contributed by atoms with Gasteiger partial charge in [0.05, 0.1) is 0 Å².